The molecule has 0 spiro atoms. The number of allylic oxidation sites excluding steroid dienone is 1. The third-order valence-electron chi connectivity index (χ3n) is 5.55. The van der Waals surface area contributed by atoms with Gasteiger partial charge in [0.15, 0.2) is 0 Å². The van der Waals surface area contributed by atoms with Gasteiger partial charge in [-0.2, -0.15) is 0 Å². The second-order valence-electron chi connectivity index (χ2n) is 7.70. The van der Waals surface area contributed by atoms with Gasteiger partial charge in [-0.05, 0) is 56.4 Å². The molecule has 0 radical (unpaired) electrons. The Morgan fingerprint density at radius 1 is 1.19 bits per heavy atom. The van der Waals surface area contributed by atoms with Crippen LogP contribution < -0.4 is 0 Å². The van der Waals surface area contributed by atoms with Crippen LogP contribution in [-0.2, 0) is 4.79 Å². The van der Waals surface area contributed by atoms with Gasteiger partial charge in [0.2, 0.25) is 0 Å². The van der Waals surface area contributed by atoms with Gasteiger partial charge < -0.3 is 15.3 Å². The van der Waals surface area contributed by atoms with Gasteiger partial charge >= 0.3 is 5.97 Å². The first-order chi connectivity index (χ1) is 12.4. The predicted molar refractivity (Wildman–Crippen MR) is 105 cm³/mol. The average molecular weight is 365 g/mol. The summed E-state index contributed by atoms with van der Waals surface area (Å²) in [7, 11) is 0. The molecule has 1 aliphatic rings. The fraction of sp³-hybridized carbons (Fsp3) is 0.773. The second-order valence-corrected chi connectivity index (χ2v) is 7.70. The highest BCUT2D eigenvalue weighted by Crippen LogP contribution is 2.37. The van der Waals surface area contributed by atoms with Crippen LogP contribution in [0.5, 0.6) is 0 Å². The summed E-state index contributed by atoms with van der Waals surface area (Å²) in [5.74, 6) is 2.26. The summed E-state index contributed by atoms with van der Waals surface area (Å²) in [6, 6.07) is 0. The van der Waals surface area contributed by atoms with Crippen molar-refractivity contribution in [2.75, 3.05) is 0 Å². The highest BCUT2D eigenvalue weighted by Gasteiger charge is 2.33. The van der Waals surface area contributed by atoms with Crippen LogP contribution in [-0.4, -0.2) is 33.0 Å². The molecule has 0 heterocycles. The largest absolute Gasteiger partial charge is 0.481 e. The molecule has 0 aliphatic heterocycles. The Morgan fingerprint density at radius 3 is 2.58 bits per heavy atom. The molecule has 0 bridgehead atoms. The molecule has 4 atom stereocenters. The minimum Gasteiger partial charge on any atom is -0.481 e. The number of aliphatic hydroxyl groups is 2. The van der Waals surface area contributed by atoms with Gasteiger partial charge in [0.25, 0.3) is 0 Å². The van der Waals surface area contributed by atoms with Gasteiger partial charge in [-0.15, -0.1) is 6.42 Å². The molecule has 1 unspecified atom stereocenters. The lowest BCUT2D eigenvalue weighted by molar-refractivity contribution is -0.137. The van der Waals surface area contributed by atoms with E-state index in [0.717, 1.165) is 64.2 Å². The maximum absolute atomic E-state index is 10.5. The van der Waals surface area contributed by atoms with Crippen molar-refractivity contribution >= 4 is 5.97 Å². The van der Waals surface area contributed by atoms with E-state index < -0.39 is 11.6 Å². The number of carbonyl (C=O) groups is 1. The molecule has 1 saturated carbocycles. The Hall–Kier alpha value is -1.31. The lowest BCUT2D eigenvalue weighted by Crippen LogP contribution is -2.24. The summed E-state index contributed by atoms with van der Waals surface area (Å²) >= 11 is 0. The number of carboxylic acid groups (broad SMARTS) is 1. The number of hydrogen-bond donors (Lipinski definition) is 3. The Kier molecular flexibility index (Phi) is 10.6. The Morgan fingerprint density at radius 2 is 1.92 bits per heavy atom. The summed E-state index contributed by atoms with van der Waals surface area (Å²) in [5, 5.41) is 29.5. The van der Waals surface area contributed by atoms with E-state index in [1.54, 1.807) is 6.08 Å². The molecule has 26 heavy (non-hydrogen) atoms. The maximum atomic E-state index is 10.5. The number of aliphatic hydroxyl groups excluding tert-OH is 1. The molecule has 4 nitrogen and oxygen atoms in total. The topological polar surface area (TPSA) is 77.8 Å². The fourth-order valence-corrected chi connectivity index (χ4v) is 3.86. The van der Waals surface area contributed by atoms with Crippen molar-refractivity contribution in [2.24, 2.45) is 11.8 Å². The molecule has 1 aliphatic carbocycles. The van der Waals surface area contributed by atoms with Crippen molar-refractivity contribution in [3.8, 4) is 12.3 Å². The number of carboxylic acids is 1. The fourth-order valence-electron chi connectivity index (χ4n) is 3.86. The lowest BCUT2D eigenvalue weighted by atomic mass is 9.87. The van der Waals surface area contributed by atoms with Gasteiger partial charge in [0.05, 0.1) is 6.10 Å². The third-order valence-corrected chi connectivity index (χ3v) is 5.55. The van der Waals surface area contributed by atoms with Crippen LogP contribution >= 0.6 is 0 Å². The van der Waals surface area contributed by atoms with Crippen molar-refractivity contribution in [2.45, 2.75) is 95.7 Å². The number of terminal acetylenes is 1. The first-order valence-corrected chi connectivity index (χ1v) is 10.2. The Balaban J connectivity index is 2.46. The van der Waals surface area contributed by atoms with Crippen molar-refractivity contribution in [1.29, 1.82) is 0 Å². The first kappa shape index (κ1) is 22.7. The first-order valence-electron chi connectivity index (χ1n) is 10.2. The number of rotatable bonds is 13. The van der Waals surface area contributed by atoms with E-state index in [1.165, 1.54) is 0 Å². The molecule has 148 valence electrons. The van der Waals surface area contributed by atoms with Gasteiger partial charge in [-0.1, -0.05) is 51.0 Å². The van der Waals surface area contributed by atoms with Crippen LogP contribution in [0.2, 0.25) is 0 Å². The summed E-state index contributed by atoms with van der Waals surface area (Å²) in [6.07, 6.45) is 19.2. The molecule has 1 rings (SSSR count). The SMILES string of the molecule is C#CC(O)(C=C[C@@H]1CC[C@H](O)[C@H]1CCCCCCC(=O)O)CCCCC. The van der Waals surface area contributed by atoms with Crippen molar-refractivity contribution in [3.05, 3.63) is 12.2 Å². The monoisotopic (exact) mass is 364 g/mol. The van der Waals surface area contributed by atoms with E-state index in [2.05, 4.69) is 12.8 Å². The van der Waals surface area contributed by atoms with E-state index in [1.807, 2.05) is 6.08 Å². The van der Waals surface area contributed by atoms with Gasteiger partial charge in [0.1, 0.15) is 5.60 Å². The standard InChI is InChI=1S/C22H36O4/c1-3-5-10-16-22(26,4-2)17-15-18-13-14-20(23)19(18)11-8-6-7-9-12-21(24)25/h2,15,17-20,23,26H,3,5-14,16H2,1H3,(H,24,25)/t18-,19-,20-,22?/m0/s1. The molecule has 1 fully saturated rings. The van der Waals surface area contributed by atoms with Crippen molar-refractivity contribution in [1.82, 2.24) is 0 Å². The zero-order valence-electron chi connectivity index (χ0n) is 16.2. The van der Waals surface area contributed by atoms with E-state index in [-0.39, 0.29) is 24.4 Å². The third kappa shape index (κ3) is 8.38. The van der Waals surface area contributed by atoms with Gasteiger partial charge in [-0.3, -0.25) is 4.79 Å². The predicted octanol–water partition coefficient (Wildman–Crippen LogP) is 4.30. The summed E-state index contributed by atoms with van der Waals surface area (Å²) in [6.45, 7) is 2.12. The van der Waals surface area contributed by atoms with Crippen LogP contribution in [0.25, 0.3) is 0 Å². The minimum absolute atomic E-state index is 0.211. The van der Waals surface area contributed by atoms with Crippen LogP contribution in [0, 0.1) is 24.2 Å². The van der Waals surface area contributed by atoms with Crippen molar-refractivity contribution < 1.29 is 20.1 Å². The van der Waals surface area contributed by atoms with Crippen LogP contribution in [0.15, 0.2) is 12.2 Å². The molecule has 0 aromatic heterocycles. The minimum atomic E-state index is -1.18. The zero-order chi connectivity index (χ0) is 19.4. The molecule has 0 aromatic rings. The maximum Gasteiger partial charge on any atom is 0.303 e. The molecule has 0 amide bonds. The molecular formula is C22H36O4. The van der Waals surface area contributed by atoms with Crippen LogP contribution in [0.4, 0.5) is 0 Å². The van der Waals surface area contributed by atoms with E-state index in [0.29, 0.717) is 6.42 Å². The van der Waals surface area contributed by atoms with Crippen LogP contribution in [0.1, 0.15) is 84.0 Å². The van der Waals surface area contributed by atoms with E-state index >= 15 is 0 Å². The van der Waals surface area contributed by atoms with Crippen LogP contribution in [0.3, 0.4) is 0 Å². The quantitative estimate of drug-likeness (QED) is 0.259. The highest BCUT2D eigenvalue weighted by atomic mass is 16.4. The number of aliphatic carboxylic acids is 1. The van der Waals surface area contributed by atoms with E-state index in [9.17, 15) is 15.0 Å². The Labute approximate surface area is 158 Å². The normalized spacial score (nSPS) is 25.2. The van der Waals surface area contributed by atoms with Gasteiger partial charge in [0, 0.05) is 6.42 Å². The van der Waals surface area contributed by atoms with Gasteiger partial charge in [-0.25, -0.2) is 0 Å². The summed E-state index contributed by atoms with van der Waals surface area (Å²) < 4.78 is 0. The summed E-state index contributed by atoms with van der Waals surface area (Å²) in [5.41, 5.74) is -1.18. The number of hydrogen-bond acceptors (Lipinski definition) is 3. The molecule has 0 aromatic carbocycles. The Bertz CT molecular complexity index is 479. The van der Waals surface area contributed by atoms with E-state index in [4.69, 9.17) is 11.5 Å². The smallest absolute Gasteiger partial charge is 0.303 e. The molecular weight excluding hydrogens is 328 g/mol. The lowest BCUT2D eigenvalue weighted by Gasteiger charge is -2.22. The molecule has 0 saturated heterocycles. The molecule has 3 N–H and O–H groups in total. The highest BCUT2D eigenvalue weighted by molar-refractivity contribution is 5.66. The molecule has 4 heteroatoms. The zero-order valence-corrected chi connectivity index (χ0v) is 16.2. The average Bonchev–Trinajstić information content (AvgIpc) is 2.96. The summed E-state index contributed by atoms with van der Waals surface area (Å²) in [4.78, 5) is 10.5. The number of unbranched alkanes of at least 4 members (excludes halogenated alkanes) is 5. The van der Waals surface area contributed by atoms with Crippen molar-refractivity contribution in [3.63, 3.8) is 0 Å². The second kappa shape index (κ2) is 12.1.